The third kappa shape index (κ3) is 3.94. The number of carbonyl (C=O) groups excluding carboxylic acids is 1. The summed E-state index contributed by atoms with van der Waals surface area (Å²) >= 11 is 7.93. The van der Waals surface area contributed by atoms with Gasteiger partial charge < -0.3 is 14.8 Å². The third-order valence-corrected chi connectivity index (χ3v) is 5.02. The van der Waals surface area contributed by atoms with Crippen molar-refractivity contribution in [2.45, 2.75) is 12.5 Å². The molecule has 3 rings (SSSR count). The third-order valence-electron chi connectivity index (χ3n) is 3.59. The zero-order valence-electron chi connectivity index (χ0n) is 13.1. The minimum atomic E-state index is -0.287. The van der Waals surface area contributed by atoms with Crippen molar-refractivity contribution in [1.82, 2.24) is 4.98 Å². The van der Waals surface area contributed by atoms with Crippen molar-refractivity contribution in [3.8, 4) is 11.6 Å². The predicted octanol–water partition coefficient (Wildman–Crippen LogP) is 3.88. The number of hydrogen-bond acceptors (Lipinski definition) is 5. The van der Waals surface area contributed by atoms with Crippen molar-refractivity contribution < 1.29 is 14.3 Å². The highest BCUT2D eigenvalue weighted by Gasteiger charge is 2.21. The number of halogens is 1. The number of methoxy groups -OCH3 is 1. The van der Waals surface area contributed by atoms with E-state index in [-0.39, 0.29) is 12.0 Å². The molecular weight excluding hydrogens is 348 g/mol. The highest BCUT2D eigenvalue weighted by molar-refractivity contribution is 7.99. The van der Waals surface area contributed by atoms with Gasteiger partial charge in [-0.2, -0.15) is 11.8 Å². The number of hydrogen-bond donors (Lipinski definition) is 1. The summed E-state index contributed by atoms with van der Waals surface area (Å²) in [6, 6.07) is 8.49. The number of pyridine rings is 1. The lowest BCUT2D eigenvalue weighted by molar-refractivity contribution is 0.101. The molecule has 0 radical (unpaired) electrons. The van der Waals surface area contributed by atoms with E-state index in [0.29, 0.717) is 27.9 Å². The van der Waals surface area contributed by atoms with Crippen LogP contribution in [0, 0.1) is 0 Å². The number of aromatic nitrogens is 1. The number of thioether (sulfide) groups is 1. The lowest BCUT2D eigenvalue weighted by Gasteiger charge is -2.14. The fourth-order valence-corrected chi connectivity index (χ4v) is 3.72. The van der Waals surface area contributed by atoms with Gasteiger partial charge in [-0.15, -0.1) is 0 Å². The normalized spacial score (nSPS) is 16.7. The molecule has 1 aliphatic rings. The van der Waals surface area contributed by atoms with Crippen molar-refractivity contribution in [3.63, 3.8) is 0 Å². The Morgan fingerprint density at radius 1 is 1.42 bits per heavy atom. The molecule has 1 atom stereocenters. The monoisotopic (exact) mass is 364 g/mol. The lowest BCUT2D eigenvalue weighted by Crippen LogP contribution is -2.20. The van der Waals surface area contributed by atoms with E-state index >= 15 is 0 Å². The van der Waals surface area contributed by atoms with E-state index in [1.807, 2.05) is 11.8 Å². The number of carbonyl (C=O) groups is 1. The summed E-state index contributed by atoms with van der Waals surface area (Å²) in [5, 5.41) is 3.24. The maximum absolute atomic E-state index is 12.6. The molecule has 1 aromatic heterocycles. The average molecular weight is 365 g/mol. The van der Waals surface area contributed by atoms with Gasteiger partial charge in [-0.3, -0.25) is 4.79 Å². The zero-order chi connectivity index (χ0) is 16.9. The van der Waals surface area contributed by atoms with Gasteiger partial charge in [-0.25, -0.2) is 4.98 Å². The molecule has 2 aromatic rings. The van der Waals surface area contributed by atoms with Crippen LogP contribution in [0.5, 0.6) is 11.6 Å². The molecule has 1 saturated heterocycles. The fourth-order valence-electron chi connectivity index (χ4n) is 2.36. The van der Waals surface area contributed by atoms with E-state index in [1.165, 1.54) is 0 Å². The molecule has 1 fully saturated rings. The number of ether oxygens (including phenoxy) is 2. The number of benzene rings is 1. The molecular formula is C17H17ClN2O3S. The Kier molecular flexibility index (Phi) is 5.48. The molecule has 0 saturated carbocycles. The molecule has 0 spiro atoms. The van der Waals surface area contributed by atoms with Gasteiger partial charge >= 0.3 is 0 Å². The summed E-state index contributed by atoms with van der Waals surface area (Å²) in [7, 11) is 1.54. The Morgan fingerprint density at radius 2 is 2.29 bits per heavy atom. The topological polar surface area (TPSA) is 60.5 Å². The average Bonchev–Trinajstić information content (AvgIpc) is 3.08. The number of rotatable bonds is 5. The SMILES string of the molecule is COc1ccc(NC(=O)c2cccnc2OC2CCSC2)cc1Cl. The first kappa shape index (κ1) is 16.9. The zero-order valence-corrected chi connectivity index (χ0v) is 14.7. The van der Waals surface area contributed by atoms with Gasteiger partial charge in [0.05, 0.1) is 12.1 Å². The minimum Gasteiger partial charge on any atom is -0.495 e. The van der Waals surface area contributed by atoms with Gasteiger partial charge in [-0.1, -0.05) is 11.6 Å². The van der Waals surface area contributed by atoms with E-state index in [1.54, 1.807) is 43.6 Å². The van der Waals surface area contributed by atoms with Crippen molar-refractivity contribution >= 4 is 35.0 Å². The molecule has 5 nitrogen and oxygen atoms in total. The second kappa shape index (κ2) is 7.77. The van der Waals surface area contributed by atoms with Crippen LogP contribution in [-0.2, 0) is 0 Å². The summed E-state index contributed by atoms with van der Waals surface area (Å²) in [6.45, 7) is 0. The summed E-state index contributed by atoms with van der Waals surface area (Å²) < 4.78 is 11.0. The van der Waals surface area contributed by atoms with Crippen molar-refractivity contribution in [2.24, 2.45) is 0 Å². The Labute approximate surface area is 149 Å². The van der Waals surface area contributed by atoms with Crippen LogP contribution in [0.25, 0.3) is 0 Å². The molecule has 1 aromatic carbocycles. The van der Waals surface area contributed by atoms with Gasteiger partial charge in [0, 0.05) is 17.6 Å². The minimum absolute atomic E-state index is 0.104. The number of anilines is 1. The molecule has 24 heavy (non-hydrogen) atoms. The number of amides is 1. The molecule has 1 N–H and O–H groups in total. The van der Waals surface area contributed by atoms with Crippen LogP contribution in [0.15, 0.2) is 36.5 Å². The molecule has 1 aliphatic heterocycles. The Balaban J connectivity index is 1.76. The molecule has 2 heterocycles. The highest BCUT2D eigenvalue weighted by Crippen LogP contribution is 2.28. The van der Waals surface area contributed by atoms with Crippen molar-refractivity contribution in [3.05, 3.63) is 47.1 Å². The van der Waals surface area contributed by atoms with Crippen LogP contribution in [0.2, 0.25) is 5.02 Å². The second-order valence-electron chi connectivity index (χ2n) is 5.26. The van der Waals surface area contributed by atoms with E-state index in [9.17, 15) is 4.79 Å². The van der Waals surface area contributed by atoms with E-state index in [2.05, 4.69) is 10.3 Å². The molecule has 1 amide bonds. The second-order valence-corrected chi connectivity index (χ2v) is 6.82. The maximum Gasteiger partial charge on any atom is 0.261 e. The van der Waals surface area contributed by atoms with Crippen LogP contribution in [0.4, 0.5) is 5.69 Å². The number of nitrogens with zero attached hydrogens (tertiary/aromatic N) is 1. The first-order valence-corrected chi connectivity index (χ1v) is 9.05. The Morgan fingerprint density at radius 3 is 3.00 bits per heavy atom. The number of nitrogens with one attached hydrogen (secondary N) is 1. The van der Waals surface area contributed by atoms with Crippen molar-refractivity contribution in [2.75, 3.05) is 23.9 Å². The lowest BCUT2D eigenvalue weighted by atomic mass is 10.2. The van der Waals surface area contributed by atoms with Crippen LogP contribution >= 0.6 is 23.4 Å². The summed E-state index contributed by atoms with van der Waals surface area (Å²) in [5.74, 6) is 2.63. The largest absolute Gasteiger partial charge is 0.495 e. The quantitative estimate of drug-likeness (QED) is 0.872. The van der Waals surface area contributed by atoms with Gasteiger partial charge in [0.25, 0.3) is 5.91 Å². The smallest absolute Gasteiger partial charge is 0.261 e. The highest BCUT2D eigenvalue weighted by atomic mass is 35.5. The van der Waals surface area contributed by atoms with Crippen molar-refractivity contribution in [1.29, 1.82) is 0 Å². The Hall–Kier alpha value is -1.92. The maximum atomic E-state index is 12.6. The molecule has 0 bridgehead atoms. The summed E-state index contributed by atoms with van der Waals surface area (Å²) in [6.07, 6.45) is 2.70. The van der Waals surface area contributed by atoms with Gasteiger partial charge in [0.15, 0.2) is 0 Å². The molecule has 0 aliphatic carbocycles. The first-order valence-electron chi connectivity index (χ1n) is 7.51. The molecule has 126 valence electrons. The van der Waals surface area contributed by atoms with Crippen LogP contribution < -0.4 is 14.8 Å². The van der Waals surface area contributed by atoms with Gasteiger partial charge in [-0.05, 0) is 42.5 Å². The van der Waals surface area contributed by atoms with Crippen LogP contribution in [-0.4, -0.2) is 35.6 Å². The van der Waals surface area contributed by atoms with Gasteiger partial charge in [0.2, 0.25) is 5.88 Å². The predicted molar refractivity (Wildman–Crippen MR) is 96.6 cm³/mol. The standard InChI is InChI=1S/C17H17ClN2O3S/c1-22-15-5-4-11(9-14(15)18)20-16(21)13-3-2-7-19-17(13)23-12-6-8-24-10-12/h2-5,7,9,12H,6,8,10H2,1H3,(H,20,21). The van der Waals surface area contributed by atoms with Crippen LogP contribution in [0.3, 0.4) is 0 Å². The van der Waals surface area contributed by atoms with E-state index < -0.39 is 0 Å². The van der Waals surface area contributed by atoms with Gasteiger partial charge in [0.1, 0.15) is 17.4 Å². The van der Waals surface area contributed by atoms with E-state index in [4.69, 9.17) is 21.1 Å². The first-order chi connectivity index (χ1) is 11.7. The summed E-state index contributed by atoms with van der Waals surface area (Å²) in [4.78, 5) is 16.8. The fraction of sp³-hybridized carbons (Fsp3) is 0.294. The molecule has 1 unspecified atom stereocenters. The Bertz CT molecular complexity index is 736. The summed E-state index contributed by atoms with van der Waals surface area (Å²) in [5.41, 5.74) is 0.985. The molecule has 7 heteroatoms. The van der Waals surface area contributed by atoms with Crippen LogP contribution in [0.1, 0.15) is 16.8 Å². The van der Waals surface area contributed by atoms with E-state index in [0.717, 1.165) is 17.9 Å².